The number of hydrogen-bond donors (Lipinski definition) is 2. The Hall–Kier alpha value is -2.34. The highest BCUT2D eigenvalue weighted by atomic mass is 16.3. The van der Waals surface area contributed by atoms with Gasteiger partial charge in [0.15, 0.2) is 0 Å². The molecule has 2 aromatic heterocycles. The highest BCUT2D eigenvalue weighted by Crippen LogP contribution is 2.15. The number of aliphatic hydroxyl groups is 1. The van der Waals surface area contributed by atoms with Crippen LogP contribution in [0.15, 0.2) is 46.1 Å². The molecule has 1 atom stereocenters. The first-order valence-corrected chi connectivity index (χ1v) is 6.23. The zero-order valence-electron chi connectivity index (χ0n) is 11.1. The zero-order chi connectivity index (χ0) is 14.5. The summed E-state index contributed by atoms with van der Waals surface area (Å²) in [6.45, 7) is 0.267. The number of carbonyl (C=O) groups is 1. The molecule has 20 heavy (non-hydrogen) atoms. The number of nitrogens with one attached hydrogen (secondary N) is 1. The van der Waals surface area contributed by atoms with Crippen molar-refractivity contribution in [3.63, 3.8) is 0 Å². The minimum atomic E-state index is -0.701. The number of hydrogen-bond acceptors (Lipinski definition) is 4. The third kappa shape index (κ3) is 3.16. The number of aliphatic hydroxyl groups excluding tert-OH is 1. The molecule has 2 rings (SSSR count). The molecule has 0 bridgehead atoms. The van der Waals surface area contributed by atoms with Crippen LogP contribution in [-0.2, 0) is 7.05 Å². The lowest BCUT2D eigenvalue weighted by Crippen LogP contribution is -2.32. The van der Waals surface area contributed by atoms with E-state index in [-0.39, 0.29) is 17.7 Å². The fourth-order valence-electron chi connectivity index (χ4n) is 1.82. The molecule has 1 unspecified atom stereocenters. The lowest BCUT2D eigenvalue weighted by Gasteiger charge is -2.09. The van der Waals surface area contributed by atoms with E-state index in [1.165, 1.54) is 23.2 Å². The summed E-state index contributed by atoms with van der Waals surface area (Å²) in [5, 5.41) is 12.4. The number of aryl methyl sites for hydroxylation is 1. The number of pyridine rings is 1. The average Bonchev–Trinajstić information content (AvgIpc) is 2.95. The van der Waals surface area contributed by atoms with Crippen LogP contribution in [0.3, 0.4) is 0 Å². The summed E-state index contributed by atoms with van der Waals surface area (Å²) < 4.78 is 6.21. The topological polar surface area (TPSA) is 84.5 Å². The maximum atomic E-state index is 11.9. The van der Waals surface area contributed by atoms with E-state index < -0.39 is 12.0 Å². The lowest BCUT2D eigenvalue weighted by molar-refractivity contribution is 0.0940. The van der Waals surface area contributed by atoms with Crippen LogP contribution in [0.4, 0.5) is 0 Å². The third-order valence-electron chi connectivity index (χ3n) is 3.00. The van der Waals surface area contributed by atoms with Crippen LogP contribution in [-0.4, -0.2) is 22.1 Å². The van der Waals surface area contributed by atoms with Crippen molar-refractivity contribution in [1.82, 2.24) is 9.88 Å². The fourth-order valence-corrected chi connectivity index (χ4v) is 1.82. The number of nitrogens with zero attached hydrogens (tertiary/aromatic N) is 1. The first-order chi connectivity index (χ1) is 9.59. The number of furan rings is 1. The molecule has 0 saturated carbocycles. The van der Waals surface area contributed by atoms with Gasteiger partial charge in [-0.05, 0) is 24.6 Å². The molecule has 0 saturated heterocycles. The minimum Gasteiger partial charge on any atom is -0.472 e. The van der Waals surface area contributed by atoms with Gasteiger partial charge in [-0.2, -0.15) is 0 Å². The van der Waals surface area contributed by atoms with Crippen LogP contribution in [0.2, 0.25) is 0 Å². The van der Waals surface area contributed by atoms with Gasteiger partial charge in [0, 0.05) is 25.4 Å². The van der Waals surface area contributed by atoms with Gasteiger partial charge in [-0.1, -0.05) is 0 Å². The molecule has 2 aromatic rings. The van der Waals surface area contributed by atoms with Crippen LogP contribution in [0.5, 0.6) is 0 Å². The van der Waals surface area contributed by atoms with E-state index in [9.17, 15) is 14.7 Å². The van der Waals surface area contributed by atoms with Crippen molar-refractivity contribution >= 4 is 5.91 Å². The van der Waals surface area contributed by atoms with Crippen molar-refractivity contribution in [3.8, 4) is 0 Å². The van der Waals surface area contributed by atoms with E-state index in [1.54, 1.807) is 25.4 Å². The molecule has 0 radical (unpaired) electrons. The van der Waals surface area contributed by atoms with Gasteiger partial charge in [0.05, 0.1) is 18.6 Å². The van der Waals surface area contributed by atoms with Gasteiger partial charge < -0.3 is 19.4 Å². The maximum absolute atomic E-state index is 11.9. The molecule has 0 aliphatic rings. The van der Waals surface area contributed by atoms with Gasteiger partial charge in [0.1, 0.15) is 5.56 Å². The van der Waals surface area contributed by atoms with Crippen LogP contribution in [0, 0.1) is 0 Å². The second kappa shape index (κ2) is 6.21. The Kier molecular flexibility index (Phi) is 4.37. The molecule has 1 amide bonds. The summed E-state index contributed by atoms with van der Waals surface area (Å²) >= 11 is 0. The SMILES string of the molecule is Cn1cccc(C(=O)NCCC(O)c2ccoc2)c1=O. The van der Waals surface area contributed by atoms with E-state index in [2.05, 4.69) is 5.32 Å². The van der Waals surface area contributed by atoms with Crippen molar-refractivity contribution in [2.45, 2.75) is 12.5 Å². The molecule has 0 fully saturated rings. The van der Waals surface area contributed by atoms with E-state index >= 15 is 0 Å². The number of amides is 1. The second-order valence-corrected chi connectivity index (χ2v) is 4.45. The Labute approximate surface area is 115 Å². The summed E-state index contributed by atoms with van der Waals surface area (Å²) in [4.78, 5) is 23.6. The predicted molar refractivity (Wildman–Crippen MR) is 72.3 cm³/mol. The minimum absolute atomic E-state index is 0.0906. The molecule has 106 valence electrons. The normalized spacial score (nSPS) is 12.1. The summed E-state index contributed by atoms with van der Waals surface area (Å²) in [5.41, 5.74) is 0.406. The monoisotopic (exact) mass is 276 g/mol. The Morgan fingerprint density at radius 1 is 1.50 bits per heavy atom. The molecule has 0 aliphatic heterocycles. The molecule has 0 aromatic carbocycles. The van der Waals surface area contributed by atoms with Crippen LogP contribution in [0.25, 0.3) is 0 Å². The van der Waals surface area contributed by atoms with E-state index in [0.717, 1.165) is 0 Å². The quantitative estimate of drug-likeness (QED) is 0.847. The summed E-state index contributed by atoms with van der Waals surface area (Å²) in [6, 6.07) is 4.78. The van der Waals surface area contributed by atoms with Gasteiger partial charge in [-0.3, -0.25) is 9.59 Å². The van der Waals surface area contributed by atoms with Gasteiger partial charge in [-0.15, -0.1) is 0 Å². The van der Waals surface area contributed by atoms with Gasteiger partial charge >= 0.3 is 0 Å². The first-order valence-electron chi connectivity index (χ1n) is 6.23. The lowest BCUT2D eigenvalue weighted by atomic mass is 10.1. The number of rotatable bonds is 5. The van der Waals surface area contributed by atoms with Crippen LogP contribution < -0.4 is 10.9 Å². The van der Waals surface area contributed by atoms with Crippen molar-refractivity contribution in [2.24, 2.45) is 7.05 Å². The maximum Gasteiger partial charge on any atom is 0.263 e. The largest absolute Gasteiger partial charge is 0.472 e. The number of carbonyl (C=O) groups excluding carboxylic acids is 1. The summed E-state index contributed by atoms with van der Waals surface area (Å²) in [5.74, 6) is -0.439. The Balaban J connectivity index is 1.90. The molecule has 6 heteroatoms. The first kappa shape index (κ1) is 14.1. The standard InChI is InChI=1S/C14H16N2O4/c1-16-7-2-3-11(14(16)19)13(18)15-6-4-12(17)10-5-8-20-9-10/h2-3,5,7-9,12,17H,4,6H2,1H3,(H,15,18). The van der Waals surface area contributed by atoms with Gasteiger partial charge in [0.2, 0.25) is 0 Å². The molecule has 0 aliphatic carbocycles. The molecule has 0 spiro atoms. The Morgan fingerprint density at radius 2 is 2.30 bits per heavy atom. The van der Waals surface area contributed by atoms with E-state index in [1.807, 2.05) is 0 Å². The molecule has 2 N–H and O–H groups in total. The van der Waals surface area contributed by atoms with E-state index in [0.29, 0.717) is 12.0 Å². The van der Waals surface area contributed by atoms with Gasteiger partial charge in [0.25, 0.3) is 11.5 Å². The molecule has 2 heterocycles. The Bertz CT molecular complexity index is 631. The zero-order valence-corrected chi connectivity index (χ0v) is 11.1. The summed E-state index contributed by atoms with van der Waals surface area (Å²) in [6.07, 6.45) is 4.16. The van der Waals surface area contributed by atoms with Crippen LogP contribution in [0.1, 0.15) is 28.4 Å². The molecular weight excluding hydrogens is 260 g/mol. The summed E-state index contributed by atoms with van der Waals surface area (Å²) in [7, 11) is 1.59. The smallest absolute Gasteiger partial charge is 0.263 e. The van der Waals surface area contributed by atoms with Gasteiger partial charge in [-0.25, -0.2) is 0 Å². The second-order valence-electron chi connectivity index (χ2n) is 4.45. The third-order valence-corrected chi connectivity index (χ3v) is 3.00. The Morgan fingerprint density at radius 3 is 3.00 bits per heavy atom. The van der Waals surface area contributed by atoms with Crippen molar-refractivity contribution in [1.29, 1.82) is 0 Å². The van der Waals surface area contributed by atoms with E-state index in [4.69, 9.17) is 4.42 Å². The van der Waals surface area contributed by atoms with Crippen molar-refractivity contribution < 1.29 is 14.3 Å². The van der Waals surface area contributed by atoms with Crippen molar-refractivity contribution in [3.05, 3.63) is 58.4 Å². The highest BCUT2D eigenvalue weighted by Gasteiger charge is 2.12. The van der Waals surface area contributed by atoms with Crippen molar-refractivity contribution in [2.75, 3.05) is 6.54 Å². The molecule has 6 nitrogen and oxygen atoms in total. The fraction of sp³-hybridized carbons (Fsp3) is 0.286. The number of aromatic nitrogens is 1. The van der Waals surface area contributed by atoms with Crippen LogP contribution >= 0.6 is 0 Å². The average molecular weight is 276 g/mol. The molecular formula is C14H16N2O4. The highest BCUT2D eigenvalue weighted by molar-refractivity contribution is 5.93. The predicted octanol–water partition coefficient (Wildman–Crippen LogP) is 0.832.